The van der Waals surface area contributed by atoms with Crippen LogP contribution in [0.25, 0.3) is 0 Å². The Hall–Kier alpha value is -1.65. The average Bonchev–Trinajstić information content (AvgIpc) is 3.10. The number of fused-ring (bicyclic) bond motifs is 2. The number of carbonyl (C=O) groups is 1. The summed E-state index contributed by atoms with van der Waals surface area (Å²) >= 11 is 0. The highest BCUT2D eigenvalue weighted by Gasteiger charge is 2.39. The van der Waals surface area contributed by atoms with Crippen molar-refractivity contribution in [3.8, 4) is 0 Å². The molecule has 2 bridgehead atoms. The van der Waals surface area contributed by atoms with E-state index in [0.29, 0.717) is 24.2 Å². The Morgan fingerprint density at radius 2 is 2.23 bits per heavy atom. The van der Waals surface area contributed by atoms with Gasteiger partial charge in [-0.25, -0.2) is 14.8 Å². The van der Waals surface area contributed by atoms with Gasteiger partial charge in [0.15, 0.2) is 0 Å². The number of nitrogens with one attached hydrogen (secondary N) is 1. The van der Waals surface area contributed by atoms with E-state index in [1.54, 1.807) is 13.1 Å². The number of aromatic nitrogens is 2. The van der Waals surface area contributed by atoms with Gasteiger partial charge in [0.05, 0.1) is 17.9 Å². The van der Waals surface area contributed by atoms with Gasteiger partial charge in [-0.3, -0.25) is 0 Å². The van der Waals surface area contributed by atoms with E-state index in [1.807, 2.05) is 13.8 Å². The van der Waals surface area contributed by atoms with Crippen LogP contribution in [0, 0.1) is 11.8 Å². The van der Waals surface area contributed by atoms with Gasteiger partial charge in [-0.1, -0.05) is 20.3 Å². The lowest BCUT2D eigenvalue weighted by Crippen LogP contribution is -2.27. The van der Waals surface area contributed by atoms with Crippen LogP contribution in [0.4, 0.5) is 5.95 Å². The van der Waals surface area contributed by atoms with E-state index < -0.39 is 0 Å². The Kier molecular flexibility index (Phi) is 4.32. The third-order valence-corrected chi connectivity index (χ3v) is 4.91. The van der Waals surface area contributed by atoms with Crippen LogP contribution in [0.3, 0.4) is 0 Å². The van der Waals surface area contributed by atoms with Gasteiger partial charge in [-0.2, -0.15) is 0 Å². The number of esters is 1. The molecule has 0 unspecified atom stereocenters. The normalized spacial score (nSPS) is 26.5. The summed E-state index contributed by atoms with van der Waals surface area (Å²) in [4.78, 5) is 21.0. The number of hydrogen-bond donors (Lipinski definition) is 1. The van der Waals surface area contributed by atoms with Gasteiger partial charge >= 0.3 is 5.97 Å². The molecule has 1 aromatic rings. The van der Waals surface area contributed by atoms with Crippen LogP contribution in [-0.2, 0) is 4.74 Å². The molecule has 1 aromatic heterocycles. The summed E-state index contributed by atoms with van der Waals surface area (Å²) in [5.41, 5.74) is 1.24. The molecule has 120 valence electrons. The minimum atomic E-state index is -0.335. The van der Waals surface area contributed by atoms with Crippen LogP contribution in [0.5, 0.6) is 0 Å². The molecule has 22 heavy (non-hydrogen) atoms. The molecule has 0 spiro atoms. The first-order valence-electron chi connectivity index (χ1n) is 8.39. The summed E-state index contributed by atoms with van der Waals surface area (Å²) < 4.78 is 5.09. The highest BCUT2D eigenvalue weighted by molar-refractivity contribution is 5.90. The van der Waals surface area contributed by atoms with Gasteiger partial charge in [-0.15, -0.1) is 0 Å². The third-order valence-electron chi connectivity index (χ3n) is 4.91. The van der Waals surface area contributed by atoms with E-state index in [0.717, 1.165) is 17.5 Å². The van der Waals surface area contributed by atoms with Crippen LogP contribution in [0.2, 0.25) is 0 Å². The first-order valence-corrected chi connectivity index (χ1v) is 8.39. The van der Waals surface area contributed by atoms with Crippen molar-refractivity contribution in [3.63, 3.8) is 0 Å². The minimum absolute atomic E-state index is 0.156. The first kappa shape index (κ1) is 15.3. The molecular formula is C17H25N3O2. The number of nitrogens with zero attached hydrogens (tertiary/aromatic N) is 2. The van der Waals surface area contributed by atoms with Crippen molar-refractivity contribution in [2.75, 3.05) is 11.9 Å². The Balaban J connectivity index is 1.78. The van der Waals surface area contributed by atoms with Crippen molar-refractivity contribution in [3.05, 3.63) is 17.5 Å². The van der Waals surface area contributed by atoms with Crippen LogP contribution < -0.4 is 5.32 Å². The number of carbonyl (C=O) groups excluding carboxylic acids is 1. The van der Waals surface area contributed by atoms with Gasteiger partial charge in [-0.05, 0) is 43.9 Å². The largest absolute Gasteiger partial charge is 0.462 e. The van der Waals surface area contributed by atoms with Gasteiger partial charge in [0.2, 0.25) is 5.95 Å². The predicted molar refractivity (Wildman–Crippen MR) is 84.9 cm³/mol. The summed E-state index contributed by atoms with van der Waals surface area (Å²) in [6.07, 6.45) is 6.87. The fraction of sp³-hybridized carbons (Fsp3) is 0.706. The molecule has 5 heteroatoms. The zero-order valence-corrected chi connectivity index (χ0v) is 13.6. The van der Waals surface area contributed by atoms with Crippen molar-refractivity contribution in [2.45, 2.75) is 58.4 Å². The van der Waals surface area contributed by atoms with Crippen LogP contribution >= 0.6 is 0 Å². The second-order valence-corrected chi connectivity index (χ2v) is 6.79. The lowest BCUT2D eigenvalue weighted by atomic mass is 9.95. The molecule has 2 fully saturated rings. The van der Waals surface area contributed by atoms with E-state index in [-0.39, 0.29) is 11.9 Å². The minimum Gasteiger partial charge on any atom is -0.462 e. The maximum atomic E-state index is 12.0. The molecule has 1 heterocycles. The van der Waals surface area contributed by atoms with Crippen LogP contribution in [-0.4, -0.2) is 28.6 Å². The van der Waals surface area contributed by atoms with E-state index >= 15 is 0 Å². The zero-order chi connectivity index (χ0) is 15.7. The quantitative estimate of drug-likeness (QED) is 0.845. The molecule has 5 nitrogen and oxygen atoms in total. The highest BCUT2D eigenvalue weighted by atomic mass is 16.5. The molecule has 2 aliphatic carbocycles. The molecule has 3 atom stereocenters. The molecule has 0 amide bonds. The molecule has 0 radical (unpaired) electrons. The second kappa shape index (κ2) is 6.23. The second-order valence-electron chi connectivity index (χ2n) is 6.79. The number of rotatable bonds is 5. The molecule has 3 rings (SSSR count). The lowest BCUT2D eigenvalue weighted by Gasteiger charge is -2.23. The Labute approximate surface area is 131 Å². The molecule has 2 aliphatic rings. The fourth-order valence-corrected chi connectivity index (χ4v) is 3.86. The number of anilines is 1. The number of ether oxygens (including phenoxy) is 1. The van der Waals surface area contributed by atoms with Gasteiger partial charge in [0.1, 0.15) is 0 Å². The van der Waals surface area contributed by atoms with Crippen molar-refractivity contribution in [2.24, 2.45) is 11.8 Å². The van der Waals surface area contributed by atoms with E-state index in [4.69, 9.17) is 4.74 Å². The Morgan fingerprint density at radius 3 is 2.82 bits per heavy atom. The monoisotopic (exact) mass is 303 g/mol. The molecular weight excluding hydrogens is 278 g/mol. The van der Waals surface area contributed by atoms with Gasteiger partial charge in [0.25, 0.3) is 0 Å². The summed E-state index contributed by atoms with van der Waals surface area (Å²) in [5.74, 6) is 2.11. The smallest absolute Gasteiger partial charge is 0.341 e. The molecule has 0 saturated heterocycles. The van der Waals surface area contributed by atoms with Crippen LogP contribution in [0.15, 0.2) is 6.20 Å². The summed E-state index contributed by atoms with van der Waals surface area (Å²) in [5, 5.41) is 3.49. The van der Waals surface area contributed by atoms with Gasteiger partial charge in [0, 0.05) is 12.2 Å². The van der Waals surface area contributed by atoms with Gasteiger partial charge < -0.3 is 10.1 Å². The van der Waals surface area contributed by atoms with Crippen molar-refractivity contribution >= 4 is 11.9 Å². The molecule has 0 aliphatic heterocycles. The first-order chi connectivity index (χ1) is 10.6. The van der Waals surface area contributed by atoms with Crippen molar-refractivity contribution in [1.29, 1.82) is 0 Å². The highest BCUT2D eigenvalue weighted by Crippen LogP contribution is 2.45. The maximum Gasteiger partial charge on any atom is 0.341 e. The van der Waals surface area contributed by atoms with E-state index in [1.165, 1.54) is 25.7 Å². The van der Waals surface area contributed by atoms with Crippen LogP contribution in [0.1, 0.15) is 68.4 Å². The average molecular weight is 303 g/mol. The lowest BCUT2D eigenvalue weighted by molar-refractivity contribution is 0.0523. The summed E-state index contributed by atoms with van der Waals surface area (Å²) in [6, 6.07) is 0.493. The SMILES string of the molecule is CCOC(=O)c1cnc(N[C@H]2C[C@H]3CC[C@H]2C3)nc1C(C)C. The van der Waals surface area contributed by atoms with Crippen molar-refractivity contribution in [1.82, 2.24) is 9.97 Å². The van der Waals surface area contributed by atoms with E-state index in [2.05, 4.69) is 15.3 Å². The zero-order valence-electron chi connectivity index (χ0n) is 13.6. The maximum absolute atomic E-state index is 12.0. The summed E-state index contributed by atoms with van der Waals surface area (Å²) in [7, 11) is 0. The Morgan fingerprint density at radius 1 is 1.41 bits per heavy atom. The molecule has 2 saturated carbocycles. The topological polar surface area (TPSA) is 64.1 Å². The molecule has 0 aromatic carbocycles. The standard InChI is InChI=1S/C17H25N3O2/c1-4-22-16(21)13-9-18-17(20-15(13)10(2)3)19-14-8-11-5-6-12(14)7-11/h9-12,14H,4-8H2,1-3H3,(H,18,19,20)/t11-,12-,14-/m0/s1. The summed E-state index contributed by atoms with van der Waals surface area (Å²) in [6.45, 7) is 6.24. The van der Waals surface area contributed by atoms with E-state index in [9.17, 15) is 4.79 Å². The fourth-order valence-electron chi connectivity index (χ4n) is 3.86. The number of hydrogen-bond acceptors (Lipinski definition) is 5. The predicted octanol–water partition coefficient (Wildman–Crippen LogP) is 3.38. The van der Waals surface area contributed by atoms with Crippen molar-refractivity contribution < 1.29 is 9.53 Å². The Bertz CT molecular complexity index is 559. The molecule has 1 N–H and O–H groups in total. The third kappa shape index (κ3) is 2.94.